The van der Waals surface area contributed by atoms with E-state index in [2.05, 4.69) is 34.5 Å². The van der Waals surface area contributed by atoms with Gasteiger partial charge in [-0.15, -0.1) is 0 Å². The van der Waals surface area contributed by atoms with E-state index in [1.54, 1.807) is 0 Å². The van der Waals surface area contributed by atoms with Gasteiger partial charge in [0.25, 0.3) is 5.91 Å². The molecule has 1 amide bonds. The van der Waals surface area contributed by atoms with Crippen LogP contribution in [0.25, 0.3) is 0 Å². The second-order valence-corrected chi connectivity index (χ2v) is 7.48. The lowest BCUT2D eigenvalue weighted by atomic mass is 10.1. The van der Waals surface area contributed by atoms with Crippen molar-refractivity contribution in [3.8, 4) is 5.75 Å². The first kappa shape index (κ1) is 19.2. The Kier molecular flexibility index (Phi) is 6.22. The van der Waals surface area contributed by atoms with Gasteiger partial charge in [-0.2, -0.15) is 0 Å². The van der Waals surface area contributed by atoms with E-state index in [0.717, 1.165) is 31.6 Å². The lowest BCUT2D eigenvalue weighted by molar-refractivity contribution is 0.0937. The van der Waals surface area contributed by atoms with Crippen molar-refractivity contribution in [2.45, 2.75) is 25.6 Å². The average Bonchev–Trinajstić information content (AvgIpc) is 3.20. The Bertz CT molecular complexity index is 928. The van der Waals surface area contributed by atoms with Gasteiger partial charge in [0, 0.05) is 31.2 Å². The first-order valence-electron chi connectivity index (χ1n) is 10.1. The fourth-order valence-electron chi connectivity index (χ4n) is 3.67. The largest absolute Gasteiger partial charge is 0.489 e. The van der Waals surface area contributed by atoms with E-state index in [1.807, 2.05) is 60.7 Å². The van der Waals surface area contributed by atoms with Gasteiger partial charge in [-0.25, -0.2) is 0 Å². The molecule has 0 radical (unpaired) electrons. The molecule has 3 aromatic rings. The number of amides is 1. The smallest absolute Gasteiger partial charge is 0.251 e. The van der Waals surface area contributed by atoms with Gasteiger partial charge >= 0.3 is 0 Å². The van der Waals surface area contributed by atoms with E-state index in [1.165, 1.54) is 5.56 Å². The molecule has 1 fully saturated rings. The van der Waals surface area contributed by atoms with Crippen LogP contribution in [0.1, 0.15) is 27.9 Å². The molecule has 4 nitrogen and oxygen atoms in total. The molecule has 3 aromatic carbocycles. The molecule has 1 saturated heterocycles. The lowest BCUT2D eigenvalue weighted by Gasteiger charge is -2.17. The molecule has 4 heteroatoms. The molecular formula is C25H26N2O2. The van der Waals surface area contributed by atoms with Gasteiger partial charge in [0.2, 0.25) is 0 Å². The van der Waals surface area contributed by atoms with Crippen molar-refractivity contribution in [2.75, 3.05) is 13.1 Å². The Balaban J connectivity index is 1.29. The summed E-state index contributed by atoms with van der Waals surface area (Å²) in [7, 11) is 0. The first-order valence-corrected chi connectivity index (χ1v) is 10.1. The molecule has 1 heterocycles. The summed E-state index contributed by atoms with van der Waals surface area (Å²) in [5.41, 5.74) is 3.05. The van der Waals surface area contributed by atoms with Crippen molar-refractivity contribution in [1.82, 2.24) is 10.2 Å². The van der Waals surface area contributed by atoms with E-state index in [9.17, 15) is 4.79 Å². The van der Waals surface area contributed by atoms with E-state index in [-0.39, 0.29) is 11.9 Å². The Morgan fingerprint density at radius 2 is 1.66 bits per heavy atom. The highest BCUT2D eigenvalue weighted by Crippen LogP contribution is 2.17. The predicted molar refractivity (Wildman–Crippen MR) is 115 cm³/mol. The van der Waals surface area contributed by atoms with Gasteiger partial charge in [0.15, 0.2) is 0 Å². The maximum atomic E-state index is 12.7. The minimum atomic E-state index is -0.0401. The summed E-state index contributed by atoms with van der Waals surface area (Å²) in [6.07, 6.45) is 0.975. The number of nitrogens with zero attached hydrogens (tertiary/aromatic N) is 1. The number of hydrogen-bond donors (Lipinski definition) is 1. The number of carbonyl (C=O) groups excluding carboxylic acids is 1. The number of ether oxygens (including phenoxy) is 1. The van der Waals surface area contributed by atoms with Crippen LogP contribution in [0.4, 0.5) is 0 Å². The van der Waals surface area contributed by atoms with Gasteiger partial charge in [0.05, 0.1) is 0 Å². The van der Waals surface area contributed by atoms with Crippen LogP contribution in [-0.4, -0.2) is 29.9 Å². The molecule has 0 unspecified atom stereocenters. The molecule has 29 heavy (non-hydrogen) atoms. The van der Waals surface area contributed by atoms with E-state index in [0.29, 0.717) is 17.9 Å². The van der Waals surface area contributed by atoms with Crippen LogP contribution in [0.2, 0.25) is 0 Å². The molecule has 148 valence electrons. The number of benzene rings is 3. The van der Waals surface area contributed by atoms with Gasteiger partial charge in [-0.1, -0.05) is 66.7 Å². The Labute approximate surface area is 172 Å². The SMILES string of the molecule is O=C(N[C@H]1CCN(Cc2ccccc2)C1)c1cccc(OCc2ccccc2)c1. The normalized spacial score (nSPS) is 16.5. The standard InChI is InChI=1S/C25H26N2O2/c28-25(26-23-14-15-27(18-23)17-20-8-3-1-4-9-20)22-12-7-13-24(16-22)29-19-21-10-5-2-6-11-21/h1-13,16,23H,14-15,17-19H2,(H,26,28)/t23-/m0/s1. The third kappa shape index (κ3) is 5.46. The van der Waals surface area contributed by atoms with Gasteiger partial charge in [0.1, 0.15) is 12.4 Å². The third-order valence-corrected chi connectivity index (χ3v) is 5.20. The van der Waals surface area contributed by atoms with Crippen molar-refractivity contribution < 1.29 is 9.53 Å². The summed E-state index contributed by atoms with van der Waals surface area (Å²) in [5.74, 6) is 0.667. The number of hydrogen-bond acceptors (Lipinski definition) is 3. The maximum Gasteiger partial charge on any atom is 0.251 e. The minimum Gasteiger partial charge on any atom is -0.489 e. The second kappa shape index (κ2) is 9.39. The fourth-order valence-corrected chi connectivity index (χ4v) is 3.67. The summed E-state index contributed by atoms with van der Waals surface area (Å²) in [6.45, 7) is 3.30. The molecule has 1 atom stereocenters. The minimum absolute atomic E-state index is 0.0401. The molecule has 1 aliphatic heterocycles. The zero-order valence-corrected chi connectivity index (χ0v) is 16.5. The van der Waals surface area contributed by atoms with Crippen LogP contribution < -0.4 is 10.1 Å². The fraction of sp³-hybridized carbons (Fsp3) is 0.240. The van der Waals surface area contributed by atoms with E-state index >= 15 is 0 Å². The van der Waals surface area contributed by atoms with Crippen LogP contribution >= 0.6 is 0 Å². The van der Waals surface area contributed by atoms with Crippen molar-refractivity contribution in [1.29, 1.82) is 0 Å². The van der Waals surface area contributed by atoms with Crippen LogP contribution in [0.5, 0.6) is 5.75 Å². The van der Waals surface area contributed by atoms with Crippen LogP contribution in [0.15, 0.2) is 84.9 Å². The third-order valence-electron chi connectivity index (χ3n) is 5.20. The highest BCUT2D eigenvalue weighted by atomic mass is 16.5. The van der Waals surface area contributed by atoms with E-state index < -0.39 is 0 Å². The predicted octanol–water partition coefficient (Wildman–Crippen LogP) is 4.27. The van der Waals surface area contributed by atoms with E-state index in [4.69, 9.17) is 4.74 Å². The summed E-state index contributed by atoms with van der Waals surface area (Å²) >= 11 is 0. The molecular weight excluding hydrogens is 360 g/mol. The highest BCUT2D eigenvalue weighted by Gasteiger charge is 2.24. The Morgan fingerprint density at radius 1 is 0.931 bits per heavy atom. The zero-order chi connectivity index (χ0) is 19.9. The maximum absolute atomic E-state index is 12.7. The summed E-state index contributed by atoms with van der Waals surface area (Å²) < 4.78 is 5.85. The summed E-state index contributed by atoms with van der Waals surface area (Å²) in [6, 6.07) is 28.1. The molecule has 0 saturated carbocycles. The number of likely N-dealkylation sites (tertiary alicyclic amines) is 1. The zero-order valence-electron chi connectivity index (χ0n) is 16.5. The topological polar surface area (TPSA) is 41.6 Å². The molecule has 0 bridgehead atoms. The number of rotatable bonds is 7. The monoisotopic (exact) mass is 386 g/mol. The van der Waals surface area contributed by atoms with Crippen LogP contribution in [0.3, 0.4) is 0 Å². The molecule has 1 aliphatic rings. The quantitative estimate of drug-likeness (QED) is 0.659. The molecule has 0 spiro atoms. The summed E-state index contributed by atoms with van der Waals surface area (Å²) in [4.78, 5) is 15.1. The molecule has 1 N–H and O–H groups in total. The summed E-state index contributed by atoms with van der Waals surface area (Å²) in [5, 5.41) is 3.18. The lowest BCUT2D eigenvalue weighted by Crippen LogP contribution is -2.37. The molecule has 4 rings (SSSR count). The molecule has 0 aromatic heterocycles. The second-order valence-electron chi connectivity index (χ2n) is 7.48. The molecule has 0 aliphatic carbocycles. The van der Waals surface area contributed by atoms with Crippen molar-refractivity contribution in [3.63, 3.8) is 0 Å². The first-order chi connectivity index (χ1) is 14.3. The number of carbonyl (C=O) groups is 1. The highest BCUT2D eigenvalue weighted by molar-refractivity contribution is 5.94. The van der Waals surface area contributed by atoms with Gasteiger partial charge < -0.3 is 10.1 Å². The van der Waals surface area contributed by atoms with Crippen molar-refractivity contribution in [3.05, 3.63) is 102 Å². The van der Waals surface area contributed by atoms with Gasteiger partial charge in [-0.05, 0) is 35.7 Å². The number of nitrogens with one attached hydrogen (secondary N) is 1. The Hall–Kier alpha value is -3.11. The van der Waals surface area contributed by atoms with Crippen molar-refractivity contribution >= 4 is 5.91 Å². The van der Waals surface area contributed by atoms with Gasteiger partial charge in [-0.3, -0.25) is 9.69 Å². The average molecular weight is 386 g/mol. The van der Waals surface area contributed by atoms with Crippen LogP contribution in [-0.2, 0) is 13.2 Å². The Morgan fingerprint density at radius 3 is 2.41 bits per heavy atom. The van der Waals surface area contributed by atoms with Crippen LogP contribution in [0, 0.1) is 0 Å². The van der Waals surface area contributed by atoms with Crippen molar-refractivity contribution in [2.24, 2.45) is 0 Å².